The molecule has 0 radical (unpaired) electrons. The largest absolute Gasteiger partial charge is 0.349 e. The van der Waals surface area contributed by atoms with Gasteiger partial charge in [0.25, 0.3) is 0 Å². The highest BCUT2D eigenvalue weighted by Gasteiger charge is 2.07. The summed E-state index contributed by atoms with van der Waals surface area (Å²) in [5, 5.41) is 4.67. The van der Waals surface area contributed by atoms with Crippen LogP contribution in [0.4, 0.5) is 5.13 Å². The maximum absolute atomic E-state index is 4.50. The lowest BCUT2D eigenvalue weighted by Gasteiger charge is -2.16. The molecule has 1 aromatic rings. The fourth-order valence-electron chi connectivity index (χ4n) is 1.90. The summed E-state index contributed by atoms with van der Waals surface area (Å²) in [7, 11) is 0. The van der Waals surface area contributed by atoms with E-state index in [9.17, 15) is 0 Å². The molecule has 1 N–H and O–H groups in total. The van der Waals surface area contributed by atoms with Crippen LogP contribution < -0.4 is 10.2 Å². The molecule has 0 aliphatic carbocycles. The molecule has 3 nitrogen and oxygen atoms in total. The smallest absolute Gasteiger partial charge is 0.185 e. The van der Waals surface area contributed by atoms with Gasteiger partial charge in [0.15, 0.2) is 5.13 Å². The molecular weight excluding hydrogens is 274 g/mol. The Morgan fingerprint density at radius 2 is 2.05 bits per heavy atom. The Kier molecular flexibility index (Phi) is 9.30. The van der Waals surface area contributed by atoms with E-state index < -0.39 is 0 Å². The molecule has 1 rings (SSSR count). The number of rotatable bonds is 11. The maximum Gasteiger partial charge on any atom is 0.185 e. The third-order valence-electron chi connectivity index (χ3n) is 3.08. The van der Waals surface area contributed by atoms with Gasteiger partial charge < -0.3 is 10.2 Å². The molecule has 0 aliphatic rings. The summed E-state index contributed by atoms with van der Waals surface area (Å²) in [6, 6.07) is 0. The quantitative estimate of drug-likeness (QED) is 0.632. The Bertz CT molecular complexity index is 324. The van der Waals surface area contributed by atoms with Gasteiger partial charge in [-0.3, -0.25) is 0 Å². The standard InChI is InChI=1S/C14H27N3S2/c1-4-17(5-2)14-16-12-13(19-14)11-15-9-7-6-8-10-18-3/h12,15H,4-11H2,1-3H3. The number of anilines is 1. The molecule has 110 valence electrons. The van der Waals surface area contributed by atoms with Crippen LogP contribution in [0.25, 0.3) is 0 Å². The number of nitrogens with one attached hydrogen (secondary N) is 1. The van der Waals surface area contributed by atoms with Crippen molar-refractivity contribution in [1.82, 2.24) is 10.3 Å². The predicted molar refractivity (Wildman–Crippen MR) is 89.6 cm³/mol. The van der Waals surface area contributed by atoms with Crippen molar-refractivity contribution in [2.45, 2.75) is 39.7 Å². The van der Waals surface area contributed by atoms with E-state index >= 15 is 0 Å². The van der Waals surface area contributed by atoms with E-state index in [0.29, 0.717) is 0 Å². The number of thiazole rings is 1. The van der Waals surface area contributed by atoms with Crippen molar-refractivity contribution in [2.24, 2.45) is 0 Å². The first-order valence-corrected chi connectivity index (χ1v) is 9.42. The van der Waals surface area contributed by atoms with Gasteiger partial charge in [-0.1, -0.05) is 6.42 Å². The maximum atomic E-state index is 4.50. The van der Waals surface area contributed by atoms with Gasteiger partial charge in [0.2, 0.25) is 0 Å². The monoisotopic (exact) mass is 301 g/mol. The Balaban J connectivity index is 2.16. The normalized spacial score (nSPS) is 10.9. The van der Waals surface area contributed by atoms with Crippen molar-refractivity contribution in [1.29, 1.82) is 0 Å². The zero-order valence-corrected chi connectivity index (χ0v) is 14.1. The topological polar surface area (TPSA) is 28.2 Å². The minimum absolute atomic E-state index is 0.960. The van der Waals surface area contributed by atoms with Crippen LogP contribution in [0.15, 0.2) is 6.20 Å². The Morgan fingerprint density at radius 3 is 2.74 bits per heavy atom. The molecule has 0 saturated carbocycles. The highest BCUT2D eigenvalue weighted by atomic mass is 32.2. The van der Waals surface area contributed by atoms with Gasteiger partial charge in [-0.15, -0.1) is 11.3 Å². The minimum Gasteiger partial charge on any atom is -0.349 e. The van der Waals surface area contributed by atoms with Gasteiger partial charge in [0.1, 0.15) is 0 Å². The summed E-state index contributed by atoms with van der Waals surface area (Å²) in [5.41, 5.74) is 0. The van der Waals surface area contributed by atoms with E-state index in [1.807, 2.05) is 29.3 Å². The molecule has 0 aliphatic heterocycles. The number of unbranched alkanes of at least 4 members (excludes halogenated alkanes) is 2. The molecule has 1 heterocycles. The second-order valence-electron chi connectivity index (χ2n) is 4.51. The van der Waals surface area contributed by atoms with Gasteiger partial charge in [0, 0.05) is 30.7 Å². The average molecular weight is 302 g/mol. The number of hydrogen-bond donors (Lipinski definition) is 1. The SMILES string of the molecule is CCN(CC)c1ncc(CNCCCCCSC)s1. The number of hydrogen-bond acceptors (Lipinski definition) is 5. The van der Waals surface area contributed by atoms with Crippen LogP contribution in [0.5, 0.6) is 0 Å². The van der Waals surface area contributed by atoms with Crippen molar-refractivity contribution in [3.05, 3.63) is 11.1 Å². The highest BCUT2D eigenvalue weighted by molar-refractivity contribution is 7.98. The molecule has 0 amide bonds. The van der Waals surface area contributed by atoms with E-state index in [1.165, 1.54) is 29.9 Å². The van der Waals surface area contributed by atoms with Crippen molar-refractivity contribution in [2.75, 3.05) is 36.5 Å². The molecule has 0 bridgehead atoms. The summed E-state index contributed by atoms with van der Waals surface area (Å²) in [6.07, 6.45) is 8.15. The molecular formula is C14H27N3S2. The molecule has 0 unspecified atom stereocenters. The van der Waals surface area contributed by atoms with Crippen molar-refractivity contribution in [3.63, 3.8) is 0 Å². The fourth-order valence-corrected chi connectivity index (χ4v) is 3.40. The third kappa shape index (κ3) is 6.63. The summed E-state index contributed by atoms with van der Waals surface area (Å²) in [6.45, 7) is 8.50. The number of aromatic nitrogens is 1. The first-order valence-electron chi connectivity index (χ1n) is 7.21. The minimum atomic E-state index is 0.960. The van der Waals surface area contributed by atoms with Gasteiger partial charge in [0.05, 0.1) is 0 Å². The van der Waals surface area contributed by atoms with Gasteiger partial charge in [-0.05, 0) is 45.2 Å². The van der Waals surface area contributed by atoms with E-state index in [4.69, 9.17) is 0 Å². The van der Waals surface area contributed by atoms with E-state index in [-0.39, 0.29) is 0 Å². The summed E-state index contributed by atoms with van der Waals surface area (Å²) in [4.78, 5) is 8.14. The third-order valence-corrected chi connectivity index (χ3v) is 4.83. The second kappa shape index (κ2) is 10.5. The number of thioether (sulfide) groups is 1. The van der Waals surface area contributed by atoms with Crippen LogP contribution in [0.1, 0.15) is 38.0 Å². The van der Waals surface area contributed by atoms with Gasteiger partial charge >= 0.3 is 0 Å². The van der Waals surface area contributed by atoms with Crippen molar-refractivity contribution >= 4 is 28.2 Å². The molecule has 0 atom stereocenters. The first-order chi connectivity index (χ1) is 9.31. The van der Waals surface area contributed by atoms with Crippen molar-refractivity contribution < 1.29 is 0 Å². The van der Waals surface area contributed by atoms with Crippen LogP contribution in [0.3, 0.4) is 0 Å². The lowest BCUT2D eigenvalue weighted by molar-refractivity contribution is 0.622. The van der Waals surface area contributed by atoms with Crippen LogP contribution in [0, 0.1) is 0 Å². The molecule has 5 heteroatoms. The molecule has 0 fully saturated rings. The molecule has 0 spiro atoms. The number of nitrogens with zero attached hydrogens (tertiary/aromatic N) is 2. The van der Waals surface area contributed by atoms with Crippen LogP contribution in [0.2, 0.25) is 0 Å². The van der Waals surface area contributed by atoms with E-state index in [2.05, 4.69) is 35.3 Å². The fraction of sp³-hybridized carbons (Fsp3) is 0.786. The predicted octanol–water partition coefficient (Wildman–Crippen LogP) is 3.61. The zero-order chi connectivity index (χ0) is 13.9. The lowest BCUT2D eigenvalue weighted by Crippen LogP contribution is -2.21. The van der Waals surface area contributed by atoms with Crippen LogP contribution in [-0.2, 0) is 6.54 Å². The van der Waals surface area contributed by atoms with Gasteiger partial charge in [-0.2, -0.15) is 11.8 Å². The molecule has 1 aromatic heterocycles. The summed E-state index contributed by atoms with van der Waals surface area (Å²) in [5.74, 6) is 1.29. The average Bonchev–Trinajstić information content (AvgIpc) is 2.88. The second-order valence-corrected chi connectivity index (χ2v) is 6.59. The van der Waals surface area contributed by atoms with Crippen LogP contribution in [-0.4, -0.2) is 36.6 Å². The molecule has 0 saturated heterocycles. The summed E-state index contributed by atoms with van der Waals surface area (Å²) < 4.78 is 0. The van der Waals surface area contributed by atoms with Gasteiger partial charge in [-0.25, -0.2) is 4.98 Å². The zero-order valence-electron chi connectivity index (χ0n) is 12.4. The van der Waals surface area contributed by atoms with Crippen LogP contribution >= 0.6 is 23.1 Å². The molecule has 19 heavy (non-hydrogen) atoms. The molecule has 0 aromatic carbocycles. The Morgan fingerprint density at radius 1 is 1.26 bits per heavy atom. The summed E-state index contributed by atoms with van der Waals surface area (Å²) >= 11 is 3.75. The highest BCUT2D eigenvalue weighted by Crippen LogP contribution is 2.21. The lowest BCUT2D eigenvalue weighted by atomic mass is 10.2. The Labute approximate surface area is 126 Å². The van der Waals surface area contributed by atoms with E-state index in [1.54, 1.807) is 0 Å². The van der Waals surface area contributed by atoms with Crippen molar-refractivity contribution in [3.8, 4) is 0 Å². The Hall–Kier alpha value is -0.260. The first kappa shape index (κ1) is 16.8. The van der Waals surface area contributed by atoms with E-state index in [0.717, 1.165) is 31.3 Å².